The van der Waals surface area contributed by atoms with E-state index in [-0.39, 0.29) is 6.54 Å². The third-order valence-electron chi connectivity index (χ3n) is 3.62. The number of nitrogens with one attached hydrogen (secondary N) is 1. The summed E-state index contributed by atoms with van der Waals surface area (Å²) in [7, 11) is -3.61. The minimum atomic E-state index is -3.61. The minimum absolute atomic E-state index is 0.329. The van der Waals surface area contributed by atoms with Gasteiger partial charge in [0.1, 0.15) is 6.54 Å². The predicted molar refractivity (Wildman–Crippen MR) is 97.8 cm³/mol. The van der Waals surface area contributed by atoms with Gasteiger partial charge in [-0.25, -0.2) is 8.42 Å². The Hall–Kier alpha value is -2.85. The number of sulfonamides is 1. The summed E-state index contributed by atoms with van der Waals surface area (Å²) in [6.07, 6.45) is 1.91. The largest absolute Gasteiger partial charge is 0.325 e. The lowest BCUT2D eigenvalue weighted by Gasteiger charge is -2.22. The van der Waals surface area contributed by atoms with Gasteiger partial charge in [-0.15, -0.1) is 0 Å². The van der Waals surface area contributed by atoms with E-state index in [0.717, 1.165) is 22.5 Å². The van der Waals surface area contributed by atoms with Crippen LogP contribution >= 0.6 is 0 Å². The zero-order valence-electron chi connectivity index (χ0n) is 14.1. The Balaban J connectivity index is 2.15. The Labute approximate surface area is 147 Å². The molecular weight excluding hydrogens is 338 g/mol. The molecule has 0 saturated heterocycles. The number of amides is 1. The maximum atomic E-state index is 12.2. The van der Waals surface area contributed by atoms with Gasteiger partial charge in [0, 0.05) is 5.69 Å². The SMILES string of the molecule is CCc1ccc(N(CC(=O)Nc2ccc(C#N)cc2)S(C)(=O)=O)cc1. The summed E-state index contributed by atoms with van der Waals surface area (Å²) in [5.74, 6) is -0.463. The van der Waals surface area contributed by atoms with E-state index in [1.165, 1.54) is 0 Å². The number of rotatable bonds is 6. The van der Waals surface area contributed by atoms with E-state index in [1.807, 2.05) is 25.1 Å². The third kappa shape index (κ3) is 5.06. The summed E-state index contributed by atoms with van der Waals surface area (Å²) in [5.41, 5.74) is 2.50. The first-order valence-corrected chi connectivity index (χ1v) is 9.55. The molecule has 0 atom stereocenters. The van der Waals surface area contributed by atoms with Crippen molar-refractivity contribution in [3.63, 3.8) is 0 Å². The fraction of sp³-hybridized carbons (Fsp3) is 0.222. The second-order valence-electron chi connectivity index (χ2n) is 5.53. The number of nitrogens with zero attached hydrogens (tertiary/aromatic N) is 2. The highest BCUT2D eigenvalue weighted by Crippen LogP contribution is 2.19. The Kier molecular flexibility index (Phi) is 5.78. The smallest absolute Gasteiger partial charge is 0.245 e. The molecule has 0 unspecified atom stereocenters. The van der Waals surface area contributed by atoms with Gasteiger partial charge in [0.25, 0.3) is 0 Å². The maximum absolute atomic E-state index is 12.2. The van der Waals surface area contributed by atoms with Crippen LogP contribution < -0.4 is 9.62 Å². The molecule has 2 aromatic carbocycles. The van der Waals surface area contributed by atoms with Gasteiger partial charge < -0.3 is 5.32 Å². The van der Waals surface area contributed by atoms with Crippen LogP contribution in [0.25, 0.3) is 0 Å². The van der Waals surface area contributed by atoms with E-state index in [1.54, 1.807) is 36.4 Å². The highest BCUT2D eigenvalue weighted by atomic mass is 32.2. The number of anilines is 2. The molecule has 0 aromatic heterocycles. The molecule has 1 amide bonds. The predicted octanol–water partition coefficient (Wildman–Crippen LogP) is 2.53. The zero-order chi connectivity index (χ0) is 18.4. The summed E-state index contributed by atoms with van der Waals surface area (Å²) >= 11 is 0. The first kappa shape index (κ1) is 18.5. The first-order valence-electron chi connectivity index (χ1n) is 7.70. The van der Waals surface area contributed by atoms with E-state index >= 15 is 0 Å². The third-order valence-corrected chi connectivity index (χ3v) is 4.76. The van der Waals surface area contributed by atoms with Crippen LogP contribution in [0.2, 0.25) is 0 Å². The van der Waals surface area contributed by atoms with Crippen LogP contribution in [-0.4, -0.2) is 27.1 Å². The molecule has 0 bridgehead atoms. The van der Waals surface area contributed by atoms with Crippen molar-refractivity contribution in [1.82, 2.24) is 0 Å². The summed E-state index contributed by atoms with van der Waals surface area (Å²) in [5, 5.41) is 11.4. The topological polar surface area (TPSA) is 90.3 Å². The normalized spacial score (nSPS) is 10.8. The molecule has 0 heterocycles. The van der Waals surface area contributed by atoms with Gasteiger partial charge in [-0.3, -0.25) is 9.10 Å². The van der Waals surface area contributed by atoms with Gasteiger partial charge in [0.15, 0.2) is 0 Å². The van der Waals surface area contributed by atoms with E-state index < -0.39 is 15.9 Å². The van der Waals surface area contributed by atoms with Crippen LogP contribution in [0.4, 0.5) is 11.4 Å². The van der Waals surface area contributed by atoms with Gasteiger partial charge in [0.05, 0.1) is 23.6 Å². The lowest BCUT2D eigenvalue weighted by molar-refractivity contribution is -0.114. The number of benzene rings is 2. The van der Waals surface area contributed by atoms with Crippen molar-refractivity contribution in [2.24, 2.45) is 0 Å². The average Bonchev–Trinajstić information content (AvgIpc) is 2.59. The Morgan fingerprint density at radius 2 is 1.72 bits per heavy atom. The molecule has 0 fully saturated rings. The molecule has 6 nitrogen and oxygen atoms in total. The molecule has 2 aromatic rings. The quantitative estimate of drug-likeness (QED) is 0.860. The molecule has 0 aliphatic carbocycles. The molecule has 1 N–H and O–H groups in total. The molecule has 7 heteroatoms. The highest BCUT2D eigenvalue weighted by Gasteiger charge is 2.20. The summed E-state index contributed by atoms with van der Waals surface area (Å²) in [6, 6.07) is 15.4. The number of hydrogen-bond acceptors (Lipinski definition) is 4. The van der Waals surface area contributed by atoms with Gasteiger partial charge in [-0.1, -0.05) is 19.1 Å². The minimum Gasteiger partial charge on any atom is -0.325 e. The summed E-state index contributed by atoms with van der Waals surface area (Å²) < 4.78 is 25.2. The highest BCUT2D eigenvalue weighted by molar-refractivity contribution is 7.92. The molecular formula is C18H19N3O3S. The van der Waals surface area contributed by atoms with Crippen molar-refractivity contribution in [2.45, 2.75) is 13.3 Å². The molecule has 0 saturated carbocycles. The van der Waals surface area contributed by atoms with E-state index in [2.05, 4.69) is 5.32 Å². The Bertz CT molecular complexity index is 883. The van der Waals surface area contributed by atoms with Crippen LogP contribution in [0, 0.1) is 11.3 Å². The second-order valence-corrected chi connectivity index (χ2v) is 7.43. The van der Waals surface area contributed by atoms with Crippen LogP contribution in [-0.2, 0) is 21.2 Å². The van der Waals surface area contributed by atoms with Crippen LogP contribution in [0.3, 0.4) is 0 Å². The van der Waals surface area contributed by atoms with Gasteiger partial charge in [0.2, 0.25) is 15.9 Å². The van der Waals surface area contributed by atoms with Crippen molar-refractivity contribution in [1.29, 1.82) is 5.26 Å². The van der Waals surface area contributed by atoms with E-state index in [9.17, 15) is 13.2 Å². The van der Waals surface area contributed by atoms with E-state index in [0.29, 0.717) is 16.9 Å². The molecule has 0 aliphatic heterocycles. The standard InChI is InChI=1S/C18H19N3O3S/c1-3-14-6-10-17(11-7-14)21(25(2,23)24)13-18(22)20-16-8-4-15(12-19)5-9-16/h4-11H,3,13H2,1-2H3,(H,20,22). The zero-order valence-corrected chi connectivity index (χ0v) is 14.9. The fourth-order valence-electron chi connectivity index (χ4n) is 2.26. The number of aryl methyl sites for hydroxylation is 1. The molecule has 0 radical (unpaired) electrons. The van der Waals surface area contributed by atoms with Crippen molar-refractivity contribution in [3.05, 3.63) is 59.7 Å². The molecule has 2 rings (SSSR count). The number of nitriles is 1. The maximum Gasteiger partial charge on any atom is 0.245 e. The molecule has 25 heavy (non-hydrogen) atoms. The molecule has 0 spiro atoms. The monoisotopic (exact) mass is 357 g/mol. The van der Waals surface area contributed by atoms with Crippen LogP contribution in [0.5, 0.6) is 0 Å². The second kappa shape index (κ2) is 7.81. The first-order chi connectivity index (χ1) is 11.8. The van der Waals surface area contributed by atoms with Crippen LogP contribution in [0.15, 0.2) is 48.5 Å². The van der Waals surface area contributed by atoms with Crippen LogP contribution in [0.1, 0.15) is 18.1 Å². The fourth-order valence-corrected chi connectivity index (χ4v) is 3.11. The van der Waals surface area contributed by atoms with Crippen molar-refractivity contribution in [3.8, 4) is 6.07 Å². The molecule has 130 valence electrons. The number of carbonyl (C=O) groups is 1. The lowest BCUT2D eigenvalue weighted by atomic mass is 10.1. The number of carbonyl (C=O) groups excluding carboxylic acids is 1. The number of hydrogen-bond donors (Lipinski definition) is 1. The Morgan fingerprint density at radius 1 is 1.12 bits per heavy atom. The molecule has 0 aliphatic rings. The lowest BCUT2D eigenvalue weighted by Crippen LogP contribution is -2.37. The van der Waals surface area contributed by atoms with Crippen molar-refractivity contribution < 1.29 is 13.2 Å². The average molecular weight is 357 g/mol. The Morgan fingerprint density at radius 3 is 2.20 bits per heavy atom. The van der Waals surface area contributed by atoms with Gasteiger partial charge in [-0.2, -0.15) is 5.26 Å². The van der Waals surface area contributed by atoms with Crippen molar-refractivity contribution >= 4 is 27.3 Å². The van der Waals surface area contributed by atoms with Crippen molar-refractivity contribution in [2.75, 3.05) is 22.4 Å². The van der Waals surface area contributed by atoms with Gasteiger partial charge >= 0.3 is 0 Å². The van der Waals surface area contributed by atoms with Gasteiger partial charge in [-0.05, 0) is 48.4 Å². The van der Waals surface area contributed by atoms with E-state index in [4.69, 9.17) is 5.26 Å². The summed E-state index contributed by atoms with van der Waals surface area (Å²) in [4.78, 5) is 12.2. The summed E-state index contributed by atoms with van der Waals surface area (Å²) in [6.45, 7) is 1.68.